The molecule has 1 rings (SSSR count). The van der Waals surface area contributed by atoms with Gasteiger partial charge in [0.25, 0.3) is 0 Å². The van der Waals surface area contributed by atoms with Crippen LogP contribution in [0, 0.1) is 10.8 Å². The molecule has 0 saturated carbocycles. The summed E-state index contributed by atoms with van der Waals surface area (Å²) in [5, 5.41) is 0. The number of alkyl halides is 30. The molecular formula is C16F30. The van der Waals surface area contributed by atoms with Crippen LogP contribution in [0.25, 0.3) is 0 Å². The van der Waals surface area contributed by atoms with Crippen LogP contribution in [0.15, 0.2) is 11.1 Å². The maximum atomic E-state index is 14.7. The molecule has 0 N–H and O–H groups in total. The first-order valence-electron chi connectivity index (χ1n) is 9.67. The van der Waals surface area contributed by atoms with Crippen LogP contribution in [0.3, 0.4) is 0 Å². The fourth-order valence-electron chi connectivity index (χ4n) is 4.60. The monoisotopic (exact) mass is 762 g/mol. The minimum Gasteiger partial charge on any atom is -0.222 e. The van der Waals surface area contributed by atoms with Gasteiger partial charge in [-0.1, -0.05) is 0 Å². The SMILES string of the molecule is FC(F)(F)C(F)(C(F)(F)F)C(C1=C(C(C(F)(F)F)(C(F)(F)F)C(F)(C(F)(F)F)C(F)(F)F)C(F)(F)C1(F)F)(C(F)(F)F)C(F)(F)F. The molecule has 0 heterocycles. The fourth-order valence-corrected chi connectivity index (χ4v) is 4.60. The van der Waals surface area contributed by atoms with Gasteiger partial charge in [0.2, 0.25) is 10.8 Å². The third kappa shape index (κ3) is 4.43. The largest absolute Gasteiger partial charge is 0.433 e. The molecule has 1 aliphatic rings. The van der Waals surface area contributed by atoms with Crippen molar-refractivity contribution in [3.63, 3.8) is 0 Å². The van der Waals surface area contributed by atoms with E-state index in [1.165, 1.54) is 0 Å². The molecule has 0 atom stereocenters. The van der Waals surface area contributed by atoms with E-state index >= 15 is 0 Å². The molecular weight excluding hydrogens is 762 g/mol. The molecule has 0 nitrogen and oxygen atoms in total. The van der Waals surface area contributed by atoms with Gasteiger partial charge in [0, 0.05) is 11.1 Å². The summed E-state index contributed by atoms with van der Waals surface area (Å²) in [6.45, 7) is 0. The van der Waals surface area contributed by atoms with Crippen molar-refractivity contribution in [1.29, 1.82) is 0 Å². The lowest BCUT2D eigenvalue weighted by Crippen LogP contribution is -2.83. The Labute approximate surface area is 227 Å². The van der Waals surface area contributed by atoms with Crippen LogP contribution < -0.4 is 0 Å². The van der Waals surface area contributed by atoms with Crippen molar-refractivity contribution in [3.8, 4) is 0 Å². The van der Waals surface area contributed by atoms with Gasteiger partial charge in [0.05, 0.1) is 0 Å². The molecule has 1 aliphatic carbocycles. The lowest BCUT2D eigenvalue weighted by molar-refractivity contribution is -0.476. The molecule has 0 spiro atoms. The lowest BCUT2D eigenvalue weighted by atomic mass is 9.49. The second-order valence-corrected chi connectivity index (χ2v) is 8.70. The molecule has 0 aliphatic heterocycles. The van der Waals surface area contributed by atoms with E-state index in [1.807, 2.05) is 0 Å². The van der Waals surface area contributed by atoms with Crippen LogP contribution in [0.1, 0.15) is 0 Å². The van der Waals surface area contributed by atoms with Gasteiger partial charge in [0.1, 0.15) is 0 Å². The van der Waals surface area contributed by atoms with Crippen molar-refractivity contribution in [2.75, 3.05) is 0 Å². The topological polar surface area (TPSA) is 0 Å². The van der Waals surface area contributed by atoms with Crippen LogP contribution in [-0.2, 0) is 0 Å². The smallest absolute Gasteiger partial charge is 0.222 e. The van der Waals surface area contributed by atoms with Gasteiger partial charge in [-0.2, -0.15) is 123 Å². The Morgan fingerprint density at radius 3 is 0.457 bits per heavy atom. The van der Waals surface area contributed by atoms with Gasteiger partial charge >= 0.3 is 72.6 Å². The number of allylic oxidation sites excluding steroid dienone is 2. The summed E-state index contributed by atoms with van der Waals surface area (Å²) in [7, 11) is 0. The van der Waals surface area contributed by atoms with Gasteiger partial charge < -0.3 is 0 Å². The van der Waals surface area contributed by atoms with Crippen molar-refractivity contribution in [2.45, 2.75) is 72.6 Å². The standard InChI is InChI=1S/C16F30/c17-5(18)1(3(9(23,24)25,10(26,27)28)7(21,13(35,36)37)14(38,39)40)2(6(5,19)20)4(11(29,30)31,12(32,33)34)8(22,15(41,42)43)16(44,45)46. The number of rotatable bonds is 4. The molecule has 46 heavy (non-hydrogen) atoms. The van der Waals surface area contributed by atoms with Crippen molar-refractivity contribution in [2.24, 2.45) is 10.8 Å². The molecule has 0 radical (unpaired) electrons. The highest BCUT2D eigenvalue weighted by molar-refractivity contribution is 5.58. The molecule has 0 saturated heterocycles. The van der Waals surface area contributed by atoms with Crippen molar-refractivity contribution in [1.82, 2.24) is 0 Å². The second kappa shape index (κ2) is 9.63. The number of halogens is 30. The van der Waals surface area contributed by atoms with E-state index in [2.05, 4.69) is 0 Å². The molecule has 0 fully saturated rings. The number of hydrogen-bond donors (Lipinski definition) is 0. The first-order chi connectivity index (χ1) is 19.2. The zero-order chi connectivity index (χ0) is 38.2. The average Bonchev–Trinajstić information content (AvgIpc) is 2.67. The van der Waals surface area contributed by atoms with E-state index in [0.29, 0.717) is 0 Å². The summed E-state index contributed by atoms with van der Waals surface area (Å²) in [5.74, 6) is -17.9. The van der Waals surface area contributed by atoms with Crippen LogP contribution >= 0.6 is 0 Å². The Morgan fingerprint density at radius 1 is 0.239 bits per heavy atom. The van der Waals surface area contributed by atoms with Crippen LogP contribution in [0.5, 0.6) is 0 Å². The zero-order valence-corrected chi connectivity index (χ0v) is 19.3. The Bertz CT molecular complexity index is 1040. The first kappa shape index (κ1) is 41.7. The minimum atomic E-state index is -10.2. The maximum absolute atomic E-state index is 14.7. The van der Waals surface area contributed by atoms with Crippen molar-refractivity contribution >= 4 is 0 Å². The van der Waals surface area contributed by atoms with E-state index in [9.17, 15) is 132 Å². The van der Waals surface area contributed by atoms with Gasteiger partial charge in [-0.3, -0.25) is 0 Å². The highest BCUT2D eigenvalue weighted by atomic mass is 19.5. The van der Waals surface area contributed by atoms with Gasteiger partial charge in [-0.25, -0.2) is 8.78 Å². The summed E-state index contributed by atoms with van der Waals surface area (Å²) in [4.78, 5) is 0. The molecule has 0 aromatic rings. The van der Waals surface area contributed by atoms with E-state index in [4.69, 9.17) is 0 Å². The van der Waals surface area contributed by atoms with E-state index in [1.54, 1.807) is 0 Å². The van der Waals surface area contributed by atoms with Crippen LogP contribution in [0.2, 0.25) is 0 Å². The van der Waals surface area contributed by atoms with Gasteiger partial charge in [-0.15, -0.1) is 0 Å². The Kier molecular flexibility index (Phi) is 8.72. The lowest BCUT2D eigenvalue weighted by Gasteiger charge is -2.59. The normalized spacial score (nSPS) is 20.2. The molecule has 0 aromatic carbocycles. The predicted molar refractivity (Wildman–Crippen MR) is 77.9 cm³/mol. The molecule has 30 heteroatoms. The Balaban J connectivity index is 5.53. The summed E-state index contributed by atoms with van der Waals surface area (Å²) >= 11 is 0. The third-order valence-electron chi connectivity index (χ3n) is 6.32. The van der Waals surface area contributed by atoms with E-state index in [0.717, 1.165) is 0 Å². The van der Waals surface area contributed by atoms with Gasteiger partial charge in [-0.05, 0) is 0 Å². The summed E-state index contributed by atoms with van der Waals surface area (Å²) in [6, 6.07) is 0. The average molecular weight is 762 g/mol. The zero-order valence-electron chi connectivity index (χ0n) is 19.3. The maximum Gasteiger partial charge on any atom is 0.433 e. The highest BCUT2D eigenvalue weighted by Crippen LogP contribution is 2.82. The van der Waals surface area contributed by atoms with E-state index in [-0.39, 0.29) is 0 Å². The third-order valence-corrected chi connectivity index (χ3v) is 6.32. The Morgan fingerprint density at radius 2 is 0.370 bits per heavy atom. The molecule has 0 amide bonds. The molecule has 0 bridgehead atoms. The van der Waals surface area contributed by atoms with Crippen molar-refractivity contribution in [3.05, 3.63) is 11.1 Å². The number of hydrogen-bond acceptors (Lipinski definition) is 0. The minimum absolute atomic E-state index is 7.05. The molecule has 0 unspecified atom stereocenters. The second-order valence-electron chi connectivity index (χ2n) is 8.70. The summed E-state index contributed by atoms with van der Waals surface area (Å²) in [5.41, 5.74) is -54.6. The first-order valence-corrected chi connectivity index (χ1v) is 9.67. The van der Waals surface area contributed by atoms with Crippen LogP contribution in [-0.4, -0.2) is 72.6 Å². The van der Waals surface area contributed by atoms with Gasteiger partial charge in [0.15, 0.2) is 0 Å². The highest BCUT2D eigenvalue weighted by Gasteiger charge is 3.05. The molecule has 0 aromatic heterocycles. The molecule has 274 valence electrons. The fraction of sp³-hybridized carbons (Fsp3) is 0.875. The summed E-state index contributed by atoms with van der Waals surface area (Å²) in [6.07, 6.45) is -76.3. The summed E-state index contributed by atoms with van der Waals surface area (Å²) < 4.78 is 410. The van der Waals surface area contributed by atoms with E-state index < -0.39 is 94.6 Å². The predicted octanol–water partition coefficient (Wildman–Crippen LogP) is 10.5. The Hall–Kier alpha value is -2.36. The van der Waals surface area contributed by atoms with Crippen LogP contribution in [0.4, 0.5) is 132 Å². The quantitative estimate of drug-likeness (QED) is 0.198. The van der Waals surface area contributed by atoms with Crippen molar-refractivity contribution < 1.29 is 132 Å².